The lowest BCUT2D eigenvalue weighted by Crippen LogP contribution is -2.55. The van der Waals surface area contributed by atoms with Gasteiger partial charge in [-0.1, -0.05) is 18.2 Å². The van der Waals surface area contributed by atoms with Crippen LogP contribution in [-0.4, -0.2) is 89.3 Å². The van der Waals surface area contributed by atoms with Crippen LogP contribution in [0, 0.1) is 5.92 Å². The van der Waals surface area contributed by atoms with Crippen molar-refractivity contribution >= 4 is 29.3 Å². The largest absolute Gasteiger partial charge is 0.465 e. The first kappa shape index (κ1) is 22.3. The molecule has 0 aromatic carbocycles. The average molecular weight is 441 g/mol. The van der Waals surface area contributed by atoms with Crippen molar-refractivity contribution in [3.05, 3.63) is 34.2 Å². The Bertz CT molecular complexity index is 895. The number of allylic oxidation sites excluding steroid dienone is 2. The number of Topliss-reactive ketones (excluding diaryl/α,β-unsaturated/α-hetero) is 2. The van der Waals surface area contributed by atoms with Crippen molar-refractivity contribution in [3.8, 4) is 0 Å². The predicted octanol–water partition coefficient (Wildman–Crippen LogP) is -0.405. The van der Waals surface area contributed by atoms with E-state index < -0.39 is 17.7 Å². The third kappa shape index (κ3) is 3.02. The number of carbonyl (C=O) groups excluding carboxylic acids is 2. The van der Waals surface area contributed by atoms with Gasteiger partial charge in [-0.15, -0.1) is 0 Å². The maximum absolute atomic E-state index is 13.2. The van der Waals surface area contributed by atoms with E-state index >= 15 is 0 Å². The standard InChI is InChI=1S/C18H22ClN3O4.CH3NO2/c1-8(19)5-20-13-9(2)15(24)14-12(16(13)25)10(7-23)18(26-4)17-11(21(17)3)6-22(14)18;2-1(3)4/h10-11,17,20,23H,1,5-7H2,2-4H3;2H2,(H,3,4). The second-order valence-electron chi connectivity index (χ2n) is 7.61. The Morgan fingerprint density at radius 1 is 1.43 bits per heavy atom. The van der Waals surface area contributed by atoms with Gasteiger partial charge in [0.05, 0.1) is 36.5 Å². The molecule has 0 aromatic heterocycles. The van der Waals surface area contributed by atoms with Crippen LogP contribution in [0.1, 0.15) is 6.92 Å². The van der Waals surface area contributed by atoms with Crippen molar-refractivity contribution in [3.63, 3.8) is 0 Å². The number of ether oxygens (including phenoxy) is 1. The normalized spacial score (nSPS) is 33.6. The van der Waals surface area contributed by atoms with Gasteiger partial charge in [0, 0.05) is 35.9 Å². The van der Waals surface area contributed by atoms with Crippen molar-refractivity contribution in [2.24, 2.45) is 11.7 Å². The van der Waals surface area contributed by atoms with E-state index in [1.807, 2.05) is 11.9 Å². The van der Waals surface area contributed by atoms with E-state index in [2.05, 4.69) is 22.5 Å². The topological polar surface area (TPSA) is 145 Å². The van der Waals surface area contributed by atoms with Crippen LogP contribution in [0.25, 0.3) is 0 Å². The van der Waals surface area contributed by atoms with Crippen molar-refractivity contribution in [2.45, 2.75) is 24.7 Å². The van der Waals surface area contributed by atoms with Gasteiger partial charge in [0.2, 0.25) is 11.6 Å². The van der Waals surface area contributed by atoms with Crippen LogP contribution in [0.15, 0.2) is 34.2 Å². The minimum Gasteiger partial charge on any atom is -0.465 e. The molecule has 5 N–H and O–H groups in total. The highest BCUT2D eigenvalue weighted by molar-refractivity contribution is 6.29. The first-order valence-electron chi connectivity index (χ1n) is 9.30. The third-order valence-electron chi connectivity index (χ3n) is 6.19. The molecule has 30 heavy (non-hydrogen) atoms. The summed E-state index contributed by atoms with van der Waals surface area (Å²) in [5.74, 6) is -1.06. The number of carboxylic acid groups (broad SMARTS) is 1. The summed E-state index contributed by atoms with van der Waals surface area (Å²) >= 11 is 5.80. The summed E-state index contributed by atoms with van der Waals surface area (Å²) in [6, 6.07) is 0.319. The van der Waals surface area contributed by atoms with Gasteiger partial charge in [-0.25, -0.2) is 4.79 Å². The number of fused-ring (bicyclic) bond motifs is 4. The zero-order valence-electron chi connectivity index (χ0n) is 16.9. The van der Waals surface area contributed by atoms with Crippen molar-refractivity contribution in [2.75, 3.05) is 33.9 Å². The van der Waals surface area contributed by atoms with E-state index in [1.54, 1.807) is 14.0 Å². The summed E-state index contributed by atoms with van der Waals surface area (Å²) < 4.78 is 5.91. The Labute approximate surface area is 178 Å². The lowest BCUT2D eigenvalue weighted by molar-refractivity contribution is -0.144. The summed E-state index contributed by atoms with van der Waals surface area (Å²) in [5, 5.41) is 20.6. The van der Waals surface area contributed by atoms with Gasteiger partial charge in [0.15, 0.2) is 5.72 Å². The second-order valence-corrected chi connectivity index (χ2v) is 8.14. The average Bonchev–Trinajstić information content (AvgIpc) is 3.05. The number of likely N-dealkylation sites (N-methyl/N-ethyl adjacent to an activating group) is 1. The molecular weight excluding hydrogens is 416 g/mol. The molecule has 0 radical (unpaired) electrons. The number of ketones is 2. The van der Waals surface area contributed by atoms with Gasteiger partial charge in [0.25, 0.3) is 0 Å². The van der Waals surface area contributed by atoms with Crippen LogP contribution in [0.5, 0.6) is 0 Å². The number of nitrogens with one attached hydrogen (secondary N) is 1. The van der Waals surface area contributed by atoms with E-state index in [1.165, 1.54) is 0 Å². The van der Waals surface area contributed by atoms with Crippen LogP contribution < -0.4 is 11.1 Å². The number of aliphatic hydroxyl groups excluding tert-OH is 1. The Morgan fingerprint density at radius 2 is 2.03 bits per heavy atom. The molecule has 164 valence electrons. The number of halogens is 1. The number of hydrogen-bond acceptors (Lipinski definition) is 8. The molecule has 2 fully saturated rings. The fraction of sp³-hybridized carbons (Fsp3) is 0.526. The highest BCUT2D eigenvalue weighted by Gasteiger charge is 2.75. The fourth-order valence-corrected chi connectivity index (χ4v) is 5.03. The number of rotatable bonds is 5. The van der Waals surface area contributed by atoms with Crippen LogP contribution in [0.2, 0.25) is 0 Å². The van der Waals surface area contributed by atoms with Crippen LogP contribution in [-0.2, 0) is 14.3 Å². The van der Waals surface area contributed by atoms with E-state index in [4.69, 9.17) is 26.2 Å². The fourth-order valence-electron chi connectivity index (χ4n) is 4.97. The molecule has 3 aliphatic heterocycles. The molecule has 1 amide bonds. The number of nitrogens with zero attached hydrogens (tertiary/aromatic N) is 2. The van der Waals surface area contributed by atoms with Gasteiger partial charge in [-0.3, -0.25) is 14.5 Å². The minimum atomic E-state index is -1.33. The Balaban J connectivity index is 0.000000589. The van der Waals surface area contributed by atoms with E-state index in [-0.39, 0.29) is 42.5 Å². The minimum absolute atomic E-state index is 0.0511. The van der Waals surface area contributed by atoms with Crippen molar-refractivity contribution < 1.29 is 29.3 Å². The van der Waals surface area contributed by atoms with Gasteiger partial charge in [-0.2, -0.15) is 0 Å². The lowest BCUT2D eigenvalue weighted by atomic mass is 9.82. The molecule has 0 saturated carbocycles. The highest BCUT2D eigenvalue weighted by atomic mass is 35.5. The molecule has 5 atom stereocenters. The maximum Gasteiger partial charge on any atom is 0.402 e. The number of nitrogens with two attached hydrogens (primary N) is 1. The number of aliphatic hydroxyl groups is 1. The monoisotopic (exact) mass is 440 g/mol. The third-order valence-corrected chi connectivity index (χ3v) is 6.33. The Kier molecular flexibility index (Phi) is 5.72. The summed E-state index contributed by atoms with van der Waals surface area (Å²) in [4.78, 5) is 39.2. The second kappa shape index (κ2) is 7.69. The van der Waals surface area contributed by atoms with Crippen LogP contribution in [0.4, 0.5) is 4.79 Å². The van der Waals surface area contributed by atoms with Crippen LogP contribution >= 0.6 is 11.6 Å². The van der Waals surface area contributed by atoms with E-state index in [9.17, 15) is 14.7 Å². The first-order valence-corrected chi connectivity index (χ1v) is 9.67. The SMILES string of the molecule is C=C(Cl)CNC1=C(C)C(=O)C2=C(C1=O)C(CO)C1(OC)C3C(CN21)N3C.NC(=O)O. The van der Waals surface area contributed by atoms with Crippen LogP contribution in [0.3, 0.4) is 0 Å². The van der Waals surface area contributed by atoms with E-state index in [0.717, 1.165) is 0 Å². The number of carbonyl (C=O) groups is 3. The molecule has 4 aliphatic rings. The molecule has 1 aliphatic carbocycles. The molecule has 3 heterocycles. The summed E-state index contributed by atoms with van der Waals surface area (Å²) in [6.07, 6.45) is -1.33. The number of methoxy groups -OCH3 is 1. The molecule has 10 nitrogen and oxygen atoms in total. The Morgan fingerprint density at radius 3 is 2.53 bits per heavy atom. The maximum atomic E-state index is 13.2. The molecule has 4 rings (SSSR count). The molecule has 5 unspecified atom stereocenters. The highest BCUT2D eigenvalue weighted by Crippen LogP contribution is 2.58. The molecule has 11 heteroatoms. The Hall–Kier alpha value is -2.40. The number of amides is 1. The van der Waals surface area contributed by atoms with Gasteiger partial charge < -0.3 is 30.9 Å². The van der Waals surface area contributed by atoms with Gasteiger partial charge >= 0.3 is 6.09 Å². The molecule has 0 spiro atoms. The molecule has 0 aromatic rings. The predicted molar refractivity (Wildman–Crippen MR) is 107 cm³/mol. The molecule has 2 saturated heterocycles. The zero-order chi connectivity index (χ0) is 22.5. The zero-order valence-corrected chi connectivity index (χ0v) is 17.7. The van der Waals surface area contributed by atoms with Gasteiger partial charge in [0.1, 0.15) is 0 Å². The summed E-state index contributed by atoms with van der Waals surface area (Å²) in [6.45, 7) is 5.76. The van der Waals surface area contributed by atoms with Crippen molar-refractivity contribution in [1.82, 2.24) is 15.1 Å². The van der Waals surface area contributed by atoms with E-state index in [0.29, 0.717) is 28.4 Å². The van der Waals surface area contributed by atoms with Crippen molar-refractivity contribution in [1.29, 1.82) is 0 Å². The first-order chi connectivity index (χ1) is 14.0. The number of piperazine rings is 1. The summed E-state index contributed by atoms with van der Waals surface area (Å²) in [5.41, 5.74) is 4.44. The van der Waals surface area contributed by atoms with Gasteiger partial charge in [-0.05, 0) is 14.0 Å². The quantitative estimate of drug-likeness (QED) is 0.331. The lowest BCUT2D eigenvalue weighted by Gasteiger charge is -2.40. The summed E-state index contributed by atoms with van der Waals surface area (Å²) in [7, 11) is 3.57. The molecular formula is C19H25ClN4O6. The molecule has 0 bridgehead atoms. The number of hydrogen-bond donors (Lipinski definition) is 4. The smallest absolute Gasteiger partial charge is 0.402 e. The number of primary amides is 1.